The van der Waals surface area contributed by atoms with Crippen molar-refractivity contribution in [3.05, 3.63) is 46.2 Å². The van der Waals surface area contributed by atoms with Crippen LogP contribution in [-0.4, -0.2) is 34.4 Å². The molecule has 3 atom stereocenters. The van der Waals surface area contributed by atoms with Gasteiger partial charge in [0.1, 0.15) is 0 Å². The maximum Gasteiger partial charge on any atom is 0.200 e. The van der Waals surface area contributed by atoms with E-state index in [2.05, 4.69) is 16.5 Å². The Kier molecular flexibility index (Phi) is 5.07. The van der Waals surface area contributed by atoms with Gasteiger partial charge in [0.05, 0.1) is 11.1 Å². The quantitative estimate of drug-likeness (QED) is 0.696. The van der Waals surface area contributed by atoms with Crippen LogP contribution < -0.4 is 5.43 Å². The zero-order valence-electron chi connectivity index (χ0n) is 17.5. The number of aromatic nitrogens is 1. The van der Waals surface area contributed by atoms with E-state index in [1.54, 1.807) is 0 Å². The molecule has 2 aliphatic heterocycles. The minimum absolute atomic E-state index is 0.0508. The lowest BCUT2D eigenvalue weighted by Gasteiger charge is -2.36. The standard InChI is InChI=1S/C25H32N2O2/c1-26-19-10-11-20(26)13-18(12-19)14-24(28)22-16-27(15-17-6-2-3-7-17)23-9-5-4-8-21(23)25(22)29/h4-5,8-9,16-20H,2-3,6-7,10-15H2,1H3/t18?,19-,20+. The van der Waals surface area contributed by atoms with Gasteiger partial charge in [-0.05, 0) is 69.5 Å². The maximum absolute atomic E-state index is 13.3. The van der Waals surface area contributed by atoms with Gasteiger partial charge in [0.15, 0.2) is 11.2 Å². The van der Waals surface area contributed by atoms with Gasteiger partial charge in [0.2, 0.25) is 0 Å². The van der Waals surface area contributed by atoms with E-state index in [0.717, 1.165) is 24.9 Å². The highest BCUT2D eigenvalue weighted by atomic mass is 16.1. The van der Waals surface area contributed by atoms with Gasteiger partial charge < -0.3 is 9.47 Å². The summed E-state index contributed by atoms with van der Waals surface area (Å²) >= 11 is 0. The van der Waals surface area contributed by atoms with Gasteiger partial charge in [-0.2, -0.15) is 0 Å². The first-order chi connectivity index (χ1) is 14.1. The molecule has 1 saturated carbocycles. The fourth-order valence-corrected chi connectivity index (χ4v) is 6.23. The number of rotatable bonds is 5. The molecule has 2 saturated heterocycles. The molecule has 1 aromatic carbocycles. The Morgan fingerprint density at radius 3 is 2.41 bits per heavy atom. The molecule has 0 N–H and O–H groups in total. The van der Waals surface area contributed by atoms with E-state index in [1.807, 2.05) is 30.5 Å². The Labute approximate surface area is 172 Å². The van der Waals surface area contributed by atoms with Gasteiger partial charge in [-0.1, -0.05) is 25.0 Å². The van der Waals surface area contributed by atoms with Gasteiger partial charge >= 0.3 is 0 Å². The predicted octanol–water partition coefficient (Wildman–Crippen LogP) is 4.64. The summed E-state index contributed by atoms with van der Waals surface area (Å²) in [4.78, 5) is 28.9. The maximum atomic E-state index is 13.3. The van der Waals surface area contributed by atoms with Crippen LogP contribution in [0.3, 0.4) is 0 Å². The third-order valence-electron chi connectivity index (χ3n) is 7.89. The van der Waals surface area contributed by atoms with Crippen molar-refractivity contribution in [3.63, 3.8) is 0 Å². The van der Waals surface area contributed by atoms with E-state index in [1.165, 1.54) is 38.5 Å². The molecule has 1 aromatic heterocycles. The summed E-state index contributed by atoms with van der Waals surface area (Å²) in [5, 5.41) is 0.694. The molecule has 3 aliphatic rings. The number of para-hydroxylation sites is 1. The van der Waals surface area contributed by atoms with Crippen molar-refractivity contribution in [3.8, 4) is 0 Å². The van der Waals surface area contributed by atoms with Crippen molar-refractivity contribution in [1.82, 2.24) is 9.47 Å². The Balaban J connectivity index is 1.43. The molecule has 0 amide bonds. The first kappa shape index (κ1) is 19.0. The van der Waals surface area contributed by atoms with Gasteiger partial charge in [-0.3, -0.25) is 9.59 Å². The molecular formula is C25H32N2O2. The van der Waals surface area contributed by atoms with Crippen LogP contribution in [0.15, 0.2) is 35.3 Å². The summed E-state index contributed by atoms with van der Waals surface area (Å²) in [7, 11) is 2.23. The van der Waals surface area contributed by atoms with Crippen LogP contribution >= 0.6 is 0 Å². The van der Waals surface area contributed by atoms with Crippen molar-refractivity contribution in [2.24, 2.45) is 11.8 Å². The average Bonchev–Trinajstić information content (AvgIpc) is 3.29. The van der Waals surface area contributed by atoms with Crippen LogP contribution in [0.2, 0.25) is 0 Å². The zero-order valence-corrected chi connectivity index (χ0v) is 17.5. The fraction of sp³-hybridized carbons (Fsp3) is 0.600. The fourth-order valence-electron chi connectivity index (χ4n) is 6.23. The van der Waals surface area contributed by atoms with Crippen LogP contribution in [0.25, 0.3) is 10.9 Å². The summed E-state index contributed by atoms with van der Waals surface area (Å²) in [6.45, 7) is 0.916. The molecule has 154 valence electrons. The molecule has 4 heteroatoms. The normalized spacial score (nSPS) is 27.7. The average molecular weight is 393 g/mol. The monoisotopic (exact) mass is 392 g/mol. The molecule has 2 bridgehead atoms. The number of ketones is 1. The van der Waals surface area contributed by atoms with Gasteiger partial charge in [-0.25, -0.2) is 0 Å². The third kappa shape index (κ3) is 3.56. The molecule has 29 heavy (non-hydrogen) atoms. The van der Waals surface area contributed by atoms with E-state index >= 15 is 0 Å². The lowest BCUT2D eigenvalue weighted by atomic mass is 9.86. The summed E-state index contributed by atoms with van der Waals surface area (Å²) in [6.07, 6.45) is 12.2. The second kappa shape index (κ2) is 7.71. The zero-order chi connectivity index (χ0) is 20.0. The number of nitrogens with zero attached hydrogens (tertiary/aromatic N) is 2. The lowest BCUT2D eigenvalue weighted by molar-refractivity contribution is 0.0881. The minimum Gasteiger partial charge on any atom is -0.346 e. The van der Waals surface area contributed by atoms with E-state index in [-0.39, 0.29) is 11.2 Å². The summed E-state index contributed by atoms with van der Waals surface area (Å²) in [6, 6.07) is 9.06. The molecule has 3 fully saturated rings. The molecule has 5 rings (SSSR count). The van der Waals surface area contributed by atoms with Crippen LogP contribution in [0, 0.1) is 11.8 Å². The molecule has 2 aromatic rings. The lowest BCUT2D eigenvalue weighted by Crippen LogP contribution is -2.40. The third-order valence-corrected chi connectivity index (χ3v) is 7.89. The highest BCUT2D eigenvalue weighted by Crippen LogP contribution is 2.39. The number of Topliss-reactive ketones (excluding diaryl/α,β-unsaturated/α-hetero) is 1. The molecule has 1 aliphatic carbocycles. The van der Waals surface area contributed by atoms with Gasteiger partial charge in [0.25, 0.3) is 0 Å². The van der Waals surface area contributed by atoms with Crippen molar-refractivity contribution < 1.29 is 4.79 Å². The molecule has 0 radical (unpaired) electrons. The molecule has 1 unspecified atom stereocenters. The molecular weight excluding hydrogens is 360 g/mol. The Morgan fingerprint density at radius 1 is 1.00 bits per heavy atom. The molecule has 3 heterocycles. The van der Waals surface area contributed by atoms with Crippen LogP contribution in [0.5, 0.6) is 0 Å². The number of carbonyl (C=O) groups is 1. The Hall–Kier alpha value is -1.94. The van der Waals surface area contributed by atoms with E-state index in [0.29, 0.717) is 41.3 Å². The first-order valence-corrected chi connectivity index (χ1v) is 11.5. The van der Waals surface area contributed by atoms with Crippen LogP contribution in [0.4, 0.5) is 0 Å². The van der Waals surface area contributed by atoms with Crippen LogP contribution in [0.1, 0.15) is 68.1 Å². The second-order valence-corrected chi connectivity index (χ2v) is 9.71. The first-order valence-electron chi connectivity index (χ1n) is 11.5. The highest BCUT2D eigenvalue weighted by Gasteiger charge is 2.39. The highest BCUT2D eigenvalue weighted by molar-refractivity contribution is 5.99. The van der Waals surface area contributed by atoms with Crippen molar-refractivity contribution in [1.29, 1.82) is 0 Å². The smallest absolute Gasteiger partial charge is 0.200 e. The summed E-state index contributed by atoms with van der Waals surface area (Å²) < 4.78 is 2.19. The number of carbonyl (C=O) groups excluding carboxylic acids is 1. The molecule has 0 spiro atoms. The van der Waals surface area contributed by atoms with Crippen molar-refractivity contribution in [2.45, 2.75) is 76.4 Å². The SMILES string of the molecule is CN1[C@@H]2CC[C@H]1CC(CC(=O)c1cn(CC3CCCC3)c3ccccc3c1=O)C2. The number of benzene rings is 1. The number of pyridine rings is 1. The number of fused-ring (bicyclic) bond motifs is 3. The van der Waals surface area contributed by atoms with Crippen molar-refractivity contribution >= 4 is 16.7 Å². The number of hydrogen-bond acceptors (Lipinski definition) is 3. The summed E-state index contributed by atoms with van der Waals surface area (Å²) in [5.41, 5.74) is 1.30. The molecule has 4 nitrogen and oxygen atoms in total. The Bertz CT molecular complexity index is 958. The summed E-state index contributed by atoms with van der Waals surface area (Å²) in [5.74, 6) is 1.13. The van der Waals surface area contributed by atoms with E-state index < -0.39 is 0 Å². The largest absolute Gasteiger partial charge is 0.346 e. The van der Waals surface area contributed by atoms with E-state index in [4.69, 9.17) is 0 Å². The minimum atomic E-state index is -0.0795. The predicted molar refractivity (Wildman–Crippen MR) is 116 cm³/mol. The number of piperidine rings is 1. The van der Waals surface area contributed by atoms with Crippen molar-refractivity contribution in [2.75, 3.05) is 7.05 Å². The second-order valence-electron chi connectivity index (χ2n) is 9.71. The van der Waals surface area contributed by atoms with E-state index in [9.17, 15) is 9.59 Å². The Morgan fingerprint density at radius 2 is 1.69 bits per heavy atom. The number of hydrogen-bond donors (Lipinski definition) is 0. The topological polar surface area (TPSA) is 42.3 Å². The van der Waals surface area contributed by atoms with Gasteiger partial charge in [0, 0.05) is 36.6 Å². The van der Waals surface area contributed by atoms with Gasteiger partial charge in [-0.15, -0.1) is 0 Å². The van der Waals surface area contributed by atoms with Crippen LogP contribution in [-0.2, 0) is 6.54 Å².